The normalized spacial score (nSPS) is 20.0. The molecular weight excluding hydrogens is 273 g/mol. The summed E-state index contributed by atoms with van der Waals surface area (Å²) in [6.07, 6.45) is 2.65. The number of anilines is 1. The lowest BCUT2D eigenvalue weighted by Gasteiger charge is -2.32. The molecule has 1 fully saturated rings. The summed E-state index contributed by atoms with van der Waals surface area (Å²) in [7, 11) is 0. The molecule has 1 heterocycles. The zero-order chi connectivity index (χ0) is 13.1. The predicted octanol–water partition coefficient (Wildman–Crippen LogP) is 3.33. The Hall–Kier alpha value is -1.06. The molecule has 0 N–H and O–H groups in total. The highest BCUT2D eigenvalue weighted by Crippen LogP contribution is 2.30. The summed E-state index contributed by atoms with van der Waals surface area (Å²) in [5, 5.41) is 0.897. The van der Waals surface area contributed by atoms with Gasteiger partial charge in [-0.1, -0.05) is 23.2 Å². The fourth-order valence-electron chi connectivity index (χ4n) is 2.14. The summed E-state index contributed by atoms with van der Waals surface area (Å²) in [4.78, 5) is 24.1. The molecule has 0 radical (unpaired) electrons. The van der Waals surface area contributed by atoms with Gasteiger partial charge in [-0.3, -0.25) is 4.79 Å². The monoisotopic (exact) mass is 285 g/mol. The van der Waals surface area contributed by atoms with Gasteiger partial charge in [0, 0.05) is 25.1 Å². The van der Waals surface area contributed by atoms with Gasteiger partial charge in [-0.15, -0.1) is 0 Å². The van der Waals surface area contributed by atoms with Crippen LogP contribution in [0.4, 0.5) is 5.69 Å². The minimum Gasteiger partial charge on any atom is -0.312 e. The first kappa shape index (κ1) is 13.4. The van der Waals surface area contributed by atoms with E-state index in [-0.39, 0.29) is 11.8 Å². The van der Waals surface area contributed by atoms with E-state index < -0.39 is 0 Å². The quantitative estimate of drug-likeness (QED) is 0.799. The van der Waals surface area contributed by atoms with Gasteiger partial charge in [-0.2, -0.15) is 0 Å². The summed E-state index contributed by atoms with van der Waals surface area (Å²) < 4.78 is 0. The number of aldehydes is 1. The van der Waals surface area contributed by atoms with Gasteiger partial charge in [-0.25, -0.2) is 0 Å². The van der Waals surface area contributed by atoms with E-state index in [1.807, 2.05) is 0 Å². The minimum absolute atomic E-state index is 0.0653. The molecule has 96 valence electrons. The Bertz CT molecular complexity index is 476. The molecule has 0 saturated carbocycles. The Balaban J connectivity index is 2.21. The van der Waals surface area contributed by atoms with Gasteiger partial charge in [0.2, 0.25) is 5.91 Å². The van der Waals surface area contributed by atoms with Crippen LogP contribution in [0.2, 0.25) is 10.0 Å². The van der Waals surface area contributed by atoms with Gasteiger partial charge < -0.3 is 9.69 Å². The first-order chi connectivity index (χ1) is 8.61. The van der Waals surface area contributed by atoms with Crippen LogP contribution in [-0.2, 0) is 9.59 Å². The van der Waals surface area contributed by atoms with E-state index in [9.17, 15) is 9.59 Å². The van der Waals surface area contributed by atoms with Crippen LogP contribution in [0.25, 0.3) is 0 Å². The van der Waals surface area contributed by atoms with Crippen molar-refractivity contribution in [2.45, 2.75) is 19.3 Å². The van der Waals surface area contributed by atoms with Crippen LogP contribution in [0.3, 0.4) is 0 Å². The topological polar surface area (TPSA) is 37.4 Å². The lowest BCUT2D eigenvalue weighted by Crippen LogP contribution is -2.40. The van der Waals surface area contributed by atoms with Crippen molar-refractivity contribution in [1.82, 2.24) is 0 Å². The highest BCUT2D eigenvalue weighted by molar-refractivity contribution is 6.42. The number of amides is 1. The maximum Gasteiger partial charge on any atom is 0.226 e. The van der Waals surface area contributed by atoms with Gasteiger partial charge in [-0.05, 0) is 30.5 Å². The molecule has 1 aromatic carbocycles. The Labute approximate surface area is 116 Å². The van der Waals surface area contributed by atoms with Gasteiger partial charge in [0.05, 0.1) is 10.0 Å². The maximum atomic E-state index is 11.9. The molecule has 1 atom stereocenters. The molecule has 0 spiro atoms. The number of piperidine rings is 1. The van der Waals surface area contributed by atoms with E-state index >= 15 is 0 Å². The Morgan fingerprint density at radius 1 is 1.33 bits per heavy atom. The SMILES string of the molecule is O=CCC1CCC(=O)N(c2ccc(Cl)c(Cl)c2)C1. The molecule has 1 aliphatic heterocycles. The molecular formula is C13H13Cl2NO2. The average Bonchev–Trinajstić information content (AvgIpc) is 2.35. The number of hydrogen-bond donors (Lipinski definition) is 0. The Morgan fingerprint density at radius 3 is 2.78 bits per heavy atom. The number of rotatable bonds is 3. The van der Waals surface area contributed by atoms with Crippen molar-refractivity contribution >= 4 is 41.1 Å². The van der Waals surface area contributed by atoms with Crippen molar-refractivity contribution in [2.75, 3.05) is 11.4 Å². The number of benzene rings is 1. The van der Waals surface area contributed by atoms with E-state index in [0.717, 1.165) is 18.4 Å². The zero-order valence-electron chi connectivity index (χ0n) is 9.73. The van der Waals surface area contributed by atoms with E-state index in [4.69, 9.17) is 23.2 Å². The van der Waals surface area contributed by atoms with Gasteiger partial charge in [0.1, 0.15) is 6.29 Å². The predicted molar refractivity (Wildman–Crippen MR) is 72.2 cm³/mol. The van der Waals surface area contributed by atoms with Crippen molar-refractivity contribution in [1.29, 1.82) is 0 Å². The second-order valence-corrected chi connectivity index (χ2v) is 5.22. The number of hydrogen-bond acceptors (Lipinski definition) is 2. The number of carbonyl (C=O) groups is 2. The molecule has 0 aromatic heterocycles. The van der Waals surface area contributed by atoms with Crippen molar-refractivity contribution in [3.8, 4) is 0 Å². The van der Waals surface area contributed by atoms with E-state index in [1.165, 1.54) is 0 Å². The third-order valence-corrected chi connectivity index (χ3v) is 3.89. The van der Waals surface area contributed by atoms with Gasteiger partial charge in [0.25, 0.3) is 0 Å². The van der Waals surface area contributed by atoms with E-state index in [1.54, 1.807) is 23.1 Å². The standard InChI is InChI=1S/C13H13Cl2NO2/c14-11-3-2-10(7-12(11)15)16-8-9(5-6-17)1-4-13(16)18/h2-3,6-7,9H,1,4-5,8H2. The molecule has 1 saturated heterocycles. The molecule has 3 nitrogen and oxygen atoms in total. The van der Waals surface area contributed by atoms with Crippen LogP contribution in [0.15, 0.2) is 18.2 Å². The molecule has 0 bridgehead atoms. The average molecular weight is 286 g/mol. The van der Waals surface area contributed by atoms with Crippen molar-refractivity contribution in [3.05, 3.63) is 28.2 Å². The number of carbonyl (C=O) groups excluding carboxylic acids is 2. The number of nitrogens with zero attached hydrogens (tertiary/aromatic N) is 1. The molecule has 1 amide bonds. The summed E-state index contributed by atoms with van der Waals surface area (Å²) in [6, 6.07) is 5.14. The van der Waals surface area contributed by atoms with E-state index in [0.29, 0.717) is 29.4 Å². The second-order valence-electron chi connectivity index (χ2n) is 4.41. The molecule has 1 unspecified atom stereocenters. The Kier molecular flexibility index (Phi) is 4.25. The van der Waals surface area contributed by atoms with Crippen LogP contribution in [0, 0.1) is 5.92 Å². The highest BCUT2D eigenvalue weighted by Gasteiger charge is 2.26. The van der Waals surface area contributed by atoms with Crippen molar-refractivity contribution in [2.24, 2.45) is 5.92 Å². The van der Waals surface area contributed by atoms with Crippen LogP contribution in [0.5, 0.6) is 0 Å². The Morgan fingerprint density at radius 2 is 2.11 bits per heavy atom. The van der Waals surface area contributed by atoms with Gasteiger partial charge in [0.15, 0.2) is 0 Å². The largest absolute Gasteiger partial charge is 0.312 e. The molecule has 2 rings (SSSR count). The molecule has 0 aliphatic carbocycles. The highest BCUT2D eigenvalue weighted by atomic mass is 35.5. The summed E-state index contributed by atoms with van der Waals surface area (Å²) >= 11 is 11.8. The van der Waals surface area contributed by atoms with Crippen LogP contribution >= 0.6 is 23.2 Å². The first-order valence-electron chi connectivity index (χ1n) is 5.81. The molecule has 1 aliphatic rings. The molecule has 1 aromatic rings. The van der Waals surface area contributed by atoms with Crippen LogP contribution in [0.1, 0.15) is 19.3 Å². The second kappa shape index (κ2) is 5.72. The van der Waals surface area contributed by atoms with Crippen LogP contribution in [-0.4, -0.2) is 18.7 Å². The summed E-state index contributed by atoms with van der Waals surface area (Å²) in [5.41, 5.74) is 0.741. The van der Waals surface area contributed by atoms with Crippen LogP contribution < -0.4 is 4.90 Å². The smallest absolute Gasteiger partial charge is 0.226 e. The van der Waals surface area contributed by atoms with Crippen molar-refractivity contribution in [3.63, 3.8) is 0 Å². The summed E-state index contributed by atoms with van der Waals surface area (Å²) in [6.45, 7) is 0.565. The van der Waals surface area contributed by atoms with Gasteiger partial charge >= 0.3 is 0 Å². The third kappa shape index (κ3) is 2.85. The third-order valence-electron chi connectivity index (χ3n) is 3.15. The summed E-state index contributed by atoms with van der Waals surface area (Å²) in [5.74, 6) is 0.296. The first-order valence-corrected chi connectivity index (χ1v) is 6.56. The van der Waals surface area contributed by atoms with Crippen molar-refractivity contribution < 1.29 is 9.59 Å². The fraction of sp³-hybridized carbons (Fsp3) is 0.385. The molecule has 18 heavy (non-hydrogen) atoms. The lowest BCUT2D eigenvalue weighted by atomic mass is 9.94. The molecule has 5 heteroatoms. The fourth-order valence-corrected chi connectivity index (χ4v) is 2.44. The minimum atomic E-state index is 0.0653. The van der Waals surface area contributed by atoms with E-state index in [2.05, 4.69) is 0 Å². The lowest BCUT2D eigenvalue weighted by molar-refractivity contribution is -0.120. The zero-order valence-corrected chi connectivity index (χ0v) is 11.2. The maximum absolute atomic E-state index is 11.9. The number of halogens is 2.